The van der Waals surface area contributed by atoms with E-state index in [2.05, 4.69) is 23.5 Å². The molecule has 0 bridgehead atoms. The topological polar surface area (TPSA) is 33.1 Å². The average molecular weight is 330 g/mol. The van der Waals surface area contributed by atoms with Gasteiger partial charge in [0.2, 0.25) is 0 Å². The molecule has 0 saturated heterocycles. The molecule has 0 radical (unpaired) electrons. The van der Waals surface area contributed by atoms with E-state index in [1.54, 1.807) is 11.9 Å². The van der Waals surface area contributed by atoms with E-state index < -0.39 is 0 Å². The van der Waals surface area contributed by atoms with Gasteiger partial charge in [-0.2, -0.15) is 9.49 Å². The number of halogens is 1. The van der Waals surface area contributed by atoms with E-state index in [-0.39, 0.29) is 12.1 Å². The standard InChI is InChI=1S/C19H27FN4/c1-5-14-16-12-13(3)8-7-11-24(16)22-18(14)15-9-10-17(21-6-2)23(4)19(15)20/h5,9-10,13,17,21H,1,6-8,11-12H2,2-4H3. The number of fused-ring (bicyclic) bond motifs is 1. The molecule has 0 aromatic carbocycles. The monoisotopic (exact) mass is 330 g/mol. The summed E-state index contributed by atoms with van der Waals surface area (Å²) in [7, 11) is 1.77. The molecule has 2 aliphatic rings. The van der Waals surface area contributed by atoms with Gasteiger partial charge in [0.25, 0.3) is 0 Å². The fourth-order valence-electron chi connectivity index (χ4n) is 3.63. The molecule has 2 aliphatic heterocycles. The molecule has 3 heterocycles. The normalized spacial score (nSPS) is 24.1. The molecular weight excluding hydrogens is 303 g/mol. The van der Waals surface area contributed by atoms with Crippen LogP contribution in [0.5, 0.6) is 0 Å². The maximum atomic E-state index is 15.0. The highest BCUT2D eigenvalue weighted by molar-refractivity contribution is 5.80. The number of allylic oxidation sites excluding steroid dienone is 2. The maximum Gasteiger partial charge on any atom is 0.200 e. The van der Waals surface area contributed by atoms with Crippen molar-refractivity contribution in [3.63, 3.8) is 0 Å². The minimum Gasteiger partial charge on any atom is -0.332 e. The van der Waals surface area contributed by atoms with E-state index in [0.717, 1.165) is 31.5 Å². The largest absolute Gasteiger partial charge is 0.332 e. The Kier molecular flexibility index (Phi) is 4.90. The number of aryl methyl sites for hydroxylation is 1. The summed E-state index contributed by atoms with van der Waals surface area (Å²) in [6, 6.07) is 0. The molecule has 24 heavy (non-hydrogen) atoms. The molecule has 1 aromatic heterocycles. The third-order valence-electron chi connectivity index (χ3n) is 4.97. The Labute approximate surface area is 143 Å². The van der Waals surface area contributed by atoms with Crippen LogP contribution in [0.1, 0.15) is 43.6 Å². The first-order chi connectivity index (χ1) is 11.6. The Hall–Kier alpha value is -1.88. The molecule has 0 amide bonds. The van der Waals surface area contributed by atoms with Gasteiger partial charge in [-0.15, -0.1) is 0 Å². The Balaban J connectivity index is 2.03. The highest BCUT2D eigenvalue weighted by Gasteiger charge is 2.27. The summed E-state index contributed by atoms with van der Waals surface area (Å²) in [5.41, 5.74) is 3.43. The van der Waals surface area contributed by atoms with Crippen LogP contribution in [0, 0.1) is 5.92 Å². The van der Waals surface area contributed by atoms with Crippen LogP contribution < -0.4 is 5.32 Å². The van der Waals surface area contributed by atoms with Crippen LogP contribution in [0.15, 0.2) is 24.7 Å². The predicted octanol–water partition coefficient (Wildman–Crippen LogP) is 3.57. The summed E-state index contributed by atoms with van der Waals surface area (Å²) in [6.45, 7) is 9.93. The van der Waals surface area contributed by atoms with Gasteiger partial charge in [0.1, 0.15) is 11.9 Å². The molecule has 1 N–H and O–H groups in total. The Bertz CT molecular complexity index is 686. The number of aromatic nitrogens is 2. The third kappa shape index (κ3) is 2.93. The minimum atomic E-state index is -0.243. The lowest BCUT2D eigenvalue weighted by atomic mass is 9.97. The van der Waals surface area contributed by atoms with Gasteiger partial charge in [0, 0.05) is 24.8 Å². The van der Waals surface area contributed by atoms with Gasteiger partial charge >= 0.3 is 0 Å². The van der Waals surface area contributed by atoms with Crippen molar-refractivity contribution in [1.82, 2.24) is 20.0 Å². The quantitative estimate of drug-likeness (QED) is 0.857. The van der Waals surface area contributed by atoms with E-state index in [0.29, 0.717) is 17.2 Å². The van der Waals surface area contributed by atoms with Gasteiger partial charge in [-0.3, -0.25) is 10.00 Å². The van der Waals surface area contributed by atoms with E-state index in [1.807, 2.05) is 25.2 Å². The fourth-order valence-corrected chi connectivity index (χ4v) is 3.63. The molecule has 0 spiro atoms. The van der Waals surface area contributed by atoms with Gasteiger partial charge in [-0.1, -0.05) is 26.5 Å². The molecule has 0 saturated carbocycles. The van der Waals surface area contributed by atoms with Crippen LogP contribution in [0.2, 0.25) is 0 Å². The van der Waals surface area contributed by atoms with Crippen LogP contribution in [-0.2, 0) is 13.0 Å². The van der Waals surface area contributed by atoms with Crippen molar-refractivity contribution in [2.75, 3.05) is 13.6 Å². The van der Waals surface area contributed by atoms with Gasteiger partial charge in [0.15, 0.2) is 5.95 Å². The van der Waals surface area contributed by atoms with Crippen LogP contribution in [0.25, 0.3) is 11.6 Å². The van der Waals surface area contributed by atoms with E-state index >= 15 is 0 Å². The first kappa shape index (κ1) is 17.0. The summed E-state index contributed by atoms with van der Waals surface area (Å²) in [4.78, 5) is 1.62. The van der Waals surface area contributed by atoms with Crippen LogP contribution >= 0.6 is 0 Å². The van der Waals surface area contributed by atoms with Gasteiger partial charge in [-0.25, -0.2) is 0 Å². The number of nitrogens with zero attached hydrogens (tertiary/aromatic N) is 3. The first-order valence-electron chi connectivity index (χ1n) is 8.83. The van der Waals surface area contributed by atoms with Crippen molar-refractivity contribution < 1.29 is 4.39 Å². The predicted molar refractivity (Wildman–Crippen MR) is 96.8 cm³/mol. The zero-order chi connectivity index (χ0) is 17.3. The van der Waals surface area contributed by atoms with E-state index in [4.69, 9.17) is 5.10 Å². The third-order valence-corrected chi connectivity index (χ3v) is 4.97. The number of likely N-dealkylation sites (N-methyl/N-ethyl adjacent to an activating group) is 2. The van der Waals surface area contributed by atoms with Crippen molar-refractivity contribution >= 4 is 11.6 Å². The molecule has 0 fully saturated rings. The van der Waals surface area contributed by atoms with Crippen molar-refractivity contribution in [3.05, 3.63) is 41.6 Å². The van der Waals surface area contributed by atoms with Crippen molar-refractivity contribution in [2.45, 2.75) is 45.8 Å². The number of hydrogen-bond donors (Lipinski definition) is 1. The Morgan fingerprint density at radius 2 is 2.29 bits per heavy atom. The SMILES string of the molecule is C=Cc1c(C2=C(F)N(C)C(NCC)C=C2)nn2c1CC(C)CCC2. The number of hydrogen-bond acceptors (Lipinski definition) is 3. The second-order valence-corrected chi connectivity index (χ2v) is 6.76. The summed E-state index contributed by atoms with van der Waals surface area (Å²) >= 11 is 0. The zero-order valence-corrected chi connectivity index (χ0v) is 14.8. The molecule has 3 rings (SSSR count). The number of nitrogens with one attached hydrogen (secondary N) is 1. The van der Waals surface area contributed by atoms with E-state index in [1.165, 1.54) is 12.1 Å². The molecule has 5 heteroatoms. The molecule has 4 nitrogen and oxygen atoms in total. The summed E-state index contributed by atoms with van der Waals surface area (Å²) in [5.74, 6) is 0.379. The molecule has 130 valence electrons. The lowest BCUT2D eigenvalue weighted by molar-refractivity contribution is 0.244. The second-order valence-electron chi connectivity index (χ2n) is 6.76. The highest BCUT2D eigenvalue weighted by Crippen LogP contribution is 2.33. The molecule has 2 atom stereocenters. The molecular formula is C19H27FN4. The first-order valence-corrected chi connectivity index (χ1v) is 8.83. The highest BCUT2D eigenvalue weighted by atomic mass is 19.1. The average Bonchev–Trinajstić information content (AvgIpc) is 2.78. The van der Waals surface area contributed by atoms with Crippen molar-refractivity contribution in [3.8, 4) is 0 Å². The summed E-state index contributed by atoms with van der Waals surface area (Å²) in [5, 5.41) is 7.99. The smallest absolute Gasteiger partial charge is 0.200 e. The lowest BCUT2D eigenvalue weighted by Gasteiger charge is -2.30. The second kappa shape index (κ2) is 6.93. The van der Waals surface area contributed by atoms with Crippen molar-refractivity contribution in [2.24, 2.45) is 5.92 Å². The van der Waals surface area contributed by atoms with Crippen molar-refractivity contribution in [1.29, 1.82) is 0 Å². The summed E-state index contributed by atoms with van der Waals surface area (Å²) in [6.07, 6.45) is 8.85. The van der Waals surface area contributed by atoms with Gasteiger partial charge in [-0.05, 0) is 43.9 Å². The molecule has 0 aliphatic carbocycles. The van der Waals surface area contributed by atoms with Gasteiger partial charge in [0.05, 0.1) is 5.57 Å². The van der Waals surface area contributed by atoms with E-state index in [9.17, 15) is 4.39 Å². The number of rotatable bonds is 4. The lowest BCUT2D eigenvalue weighted by Crippen LogP contribution is -2.42. The van der Waals surface area contributed by atoms with Crippen LogP contribution in [0.4, 0.5) is 4.39 Å². The molecule has 2 unspecified atom stereocenters. The fraction of sp³-hybridized carbons (Fsp3) is 0.526. The van der Waals surface area contributed by atoms with Crippen LogP contribution in [0.3, 0.4) is 0 Å². The Morgan fingerprint density at radius 3 is 3.00 bits per heavy atom. The minimum absolute atomic E-state index is 0.119. The van der Waals surface area contributed by atoms with Gasteiger partial charge < -0.3 is 4.90 Å². The summed E-state index contributed by atoms with van der Waals surface area (Å²) < 4.78 is 17.0. The van der Waals surface area contributed by atoms with Crippen LogP contribution in [-0.4, -0.2) is 34.4 Å². The maximum absolute atomic E-state index is 15.0. The Morgan fingerprint density at radius 1 is 1.50 bits per heavy atom. The molecule has 1 aromatic rings. The zero-order valence-electron chi connectivity index (χ0n) is 14.8.